The molecule has 0 amide bonds. The molecule has 0 aromatic heterocycles. The van der Waals surface area contributed by atoms with Crippen LogP contribution in [0.4, 0.5) is 0 Å². The van der Waals surface area contributed by atoms with Crippen molar-refractivity contribution in [3.63, 3.8) is 0 Å². The fourth-order valence-corrected chi connectivity index (χ4v) is 4.82. The number of thioether (sulfide) groups is 1. The molecule has 0 fully saturated rings. The van der Waals surface area contributed by atoms with Crippen LogP contribution in [-0.4, -0.2) is 20.8 Å². The molecule has 0 radical (unpaired) electrons. The van der Waals surface area contributed by atoms with Crippen molar-refractivity contribution in [3.05, 3.63) is 65.7 Å². The predicted molar refractivity (Wildman–Crippen MR) is 113 cm³/mol. The SMILES string of the molecule is COc1ccccc1[C@@H]1C[C@H](C(C)(C)I)SC(c2ccccc2)=N1. The van der Waals surface area contributed by atoms with Gasteiger partial charge >= 0.3 is 0 Å². The van der Waals surface area contributed by atoms with Crippen molar-refractivity contribution in [2.45, 2.75) is 35.0 Å². The van der Waals surface area contributed by atoms with E-state index in [1.807, 2.05) is 23.9 Å². The maximum atomic E-state index is 5.58. The Morgan fingerprint density at radius 3 is 2.42 bits per heavy atom. The molecule has 0 N–H and O–H groups in total. The second kappa shape index (κ2) is 7.48. The number of hydrogen-bond acceptors (Lipinski definition) is 3. The molecule has 0 saturated heterocycles. The monoisotopic (exact) mass is 451 g/mol. The van der Waals surface area contributed by atoms with Gasteiger partial charge in [-0.05, 0) is 26.3 Å². The number of para-hydroxylation sites is 1. The lowest BCUT2D eigenvalue weighted by Crippen LogP contribution is -2.32. The minimum Gasteiger partial charge on any atom is -0.496 e. The van der Waals surface area contributed by atoms with E-state index in [2.05, 4.69) is 78.9 Å². The Morgan fingerprint density at radius 1 is 1.08 bits per heavy atom. The molecule has 3 rings (SSSR count). The van der Waals surface area contributed by atoms with Gasteiger partial charge in [0.05, 0.1) is 18.2 Å². The van der Waals surface area contributed by atoms with Gasteiger partial charge in [0.1, 0.15) is 5.75 Å². The van der Waals surface area contributed by atoms with Gasteiger partial charge in [-0.2, -0.15) is 0 Å². The molecule has 24 heavy (non-hydrogen) atoms. The normalized spacial score (nSPS) is 21.2. The van der Waals surface area contributed by atoms with E-state index < -0.39 is 0 Å². The smallest absolute Gasteiger partial charge is 0.124 e. The van der Waals surface area contributed by atoms with Crippen LogP contribution in [0.5, 0.6) is 5.75 Å². The molecule has 0 bridgehead atoms. The second-order valence-corrected chi connectivity index (χ2v) is 10.4. The molecule has 2 aromatic carbocycles. The van der Waals surface area contributed by atoms with E-state index in [9.17, 15) is 0 Å². The van der Waals surface area contributed by atoms with Crippen LogP contribution < -0.4 is 4.74 Å². The summed E-state index contributed by atoms with van der Waals surface area (Å²) in [6.45, 7) is 4.61. The van der Waals surface area contributed by atoms with E-state index in [-0.39, 0.29) is 9.46 Å². The summed E-state index contributed by atoms with van der Waals surface area (Å²) in [5, 5.41) is 1.63. The van der Waals surface area contributed by atoms with Crippen molar-refractivity contribution >= 4 is 39.4 Å². The average molecular weight is 451 g/mol. The summed E-state index contributed by atoms with van der Waals surface area (Å²) in [5.74, 6) is 0.926. The third-order valence-electron chi connectivity index (χ3n) is 4.25. The van der Waals surface area contributed by atoms with Crippen molar-refractivity contribution in [1.29, 1.82) is 0 Å². The molecular weight excluding hydrogens is 429 g/mol. The zero-order valence-corrected chi connectivity index (χ0v) is 17.2. The Bertz CT molecular complexity index is 724. The predicted octanol–water partition coefficient (Wildman–Crippen LogP) is 5.90. The van der Waals surface area contributed by atoms with Crippen LogP contribution in [0.15, 0.2) is 59.6 Å². The summed E-state index contributed by atoms with van der Waals surface area (Å²) in [7, 11) is 1.73. The number of rotatable bonds is 4. The lowest BCUT2D eigenvalue weighted by Gasteiger charge is -2.35. The summed E-state index contributed by atoms with van der Waals surface area (Å²) < 4.78 is 5.78. The van der Waals surface area contributed by atoms with Gasteiger partial charge in [0.25, 0.3) is 0 Å². The van der Waals surface area contributed by atoms with Crippen molar-refractivity contribution in [2.75, 3.05) is 7.11 Å². The number of halogens is 1. The van der Waals surface area contributed by atoms with Gasteiger partial charge in [-0.1, -0.05) is 71.1 Å². The van der Waals surface area contributed by atoms with Crippen molar-refractivity contribution in [2.24, 2.45) is 4.99 Å². The number of aliphatic imine (C=N–C) groups is 1. The maximum Gasteiger partial charge on any atom is 0.124 e. The molecule has 0 spiro atoms. The highest BCUT2D eigenvalue weighted by Crippen LogP contribution is 2.45. The highest BCUT2D eigenvalue weighted by Gasteiger charge is 2.35. The molecule has 2 aromatic rings. The number of alkyl halides is 1. The summed E-state index contributed by atoms with van der Waals surface area (Å²) in [6.07, 6.45) is 1.03. The van der Waals surface area contributed by atoms with Gasteiger partial charge in [0.2, 0.25) is 0 Å². The first-order valence-corrected chi connectivity index (χ1v) is 10.1. The first-order chi connectivity index (χ1) is 11.5. The van der Waals surface area contributed by atoms with Crippen LogP contribution >= 0.6 is 34.4 Å². The number of hydrogen-bond donors (Lipinski definition) is 0. The average Bonchev–Trinajstić information content (AvgIpc) is 2.61. The van der Waals surface area contributed by atoms with Gasteiger partial charge in [-0.25, -0.2) is 0 Å². The number of nitrogens with zero attached hydrogens (tertiary/aromatic N) is 1. The molecule has 1 heterocycles. The molecule has 4 heteroatoms. The summed E-state index contributed by atoms with van der Waals surface area (Å²) in [6, 6.07) is 18.9. The number of ether oxygens (including phenoxy) is 1. The third-order valence-corrected chi connectivity index (χ3v) is 7.05. The molecule has 1 aliphatic rings. The molecule has 2 atom stereocenters. The largest absolute Gasteiger partial charge is 0.496 e. The van der Waals surface area contributed by atoms with E-state index in [0.717, 1.165) is 17.2 Å². The van der Waals surface area contributed by atoms with Gasteiger partial charge in [-0.3, -0.25) is 4.99 Å². The van der Waals surface area contributed by atoms with Crippen LogP contribution in [0.2, 0.25) is 0 Å². The molecular formula is C20H22INOS. The molecule has 0 aliphatic carbocycles. The zero-order valence-electron chi connectivity index (χ0n) is 14.2. The zero-order chi connectivity index (χ0) is 17.2. The van der Waals surface area contributed by atoms with Crippen molar-refractivity contribution in [1.82, 2.24) is 0 Å². The highest BCUT2D eigenvalue weighted by atomic mass is 127. The van der Waals surface area contributed by atoms with Crippen LogP contribution in [-0.2, 0) is 0 Å². The summed E-state index contributed by atoms with van der Waals surface area (Å²) in [5.41, 5.74) is 2.38. The summed E-state index contributed by atoms with van der Waals surface area (Å²) in [4.78, 5) is 5.09. The van der Waals surface area contributed by atoms with Crippen LogP contribution in [0.1, 0.15) is 37.4 Å². The van der Waals surface area contributed by atoms with Crippen molar-refractivity contribution < 1.29 is 4.74 Å². The third kappa shape index (κ3) is 3.97. The lowest BCUT2D eigenvalue weighted by molar-refractivity contribution is 0.403. The molecule has 1 aliphatic heterocycles. The molecule has 0 unspecified atom stereocenters. The molecule has 126 valence electrons. The lowest BCUT2D eigenvalue weighted by atomic mass is 9.96. The summed E-state index contributed by atoms with van der Waals surface area (Å²) >= 11 is 4.47. The van der Waals surface area contributed by atoms with Gasteiger partial charge in [0, 0.05) is 19.8 Å². The van der Waals surface area contributed by atoms with Gasteiger partial charge in [-0.15, -0.1) is 11.8 Å². The molecule has 2 nitrogen and oxygen atoms in total. The topological polar surface area (TPSA) is 21.6 Å². The first-order valence-electron chi connectivity index (χ1n) is 8.10. The Kier molecular flexibility index (Phi) is 5.55. The quantitative estimate of drug-likeness (QED) is 0.426. The number of methoxy groups -OCH3 is 1. The van der Waals surface area contributed by atoms with E-state index in [0.29, 0.717) is 5.25 Å². The Hall–Kier alpha value is -1.01. The Morgan fingerprint density at radius 2 is 1.75 bits per heavy atom. The van der Waals surface area contributed by atoms with Crippen LogP contribution in [0, 0.1) is 0 Å². The maximum absolute atomic E-state index is 5.58. The minimum absolute atomic E-state index is 0.136. The van der Waals surface area contributed by atoms with E-state index in [4.69, 9.17) is 9.73 Å². The fraction of sp³-hybridized carbons (Fsp3) is 0.350. The van der Waals surface area contributed by atoms with E-state index >= 15 is 0 Å². The van der Waals surface area contributed by atoms with Crippen LogP contribution in [0.25, 0.3) is 0 Å². The van der Waals surface area contributed by atoms with E-state index in [1.165, 1.54) is 11.1 Å². The van der Waals surface area contributed by atoms with E-state index in [1.54, 1.807) is 7.11 Å². The standard InChI is InChI=1S/C20H22INOS/c1-20(2,21)18-13-16(15-11-7-8-12-17(15)23-3)22-19(24-18)14-9-5-4-6-10-14/h4-12,16,18H,13H2,1-3H3/t16-,18+/m0/s1. The van der Waals surface area contributed by atoms with Gasteiger partial charge < -0.3 is 4.74 Å². The Labute approximate surface area is 162 Å². The fourth-order valence-electron chi connectivity index (χ4n) is 2.89. The Balaban J connectivity index is 2.03. The van der Waals surface area contributed by atoms with Gasteiger partial charge in [0.15, 0.2) is 0 Å². The minimum atomic E-state index is 0.136. The molecule has 0 saturated carbocycles. The van der Waals surface area contributed by atoms with Crippen LogP contribution in [0.3, 0.4) is 0 Å². The van der Waals surface area contributed by atoms with Crippen molar-refractivity contribution in [3.8, 4) is 5.75 Å². The number of benzene rings is 2. The highest BCUT2D eigenvalue weighted by molar-refractivity contribution is 14.1. The first kappa shape index (κ1) is 17.8. The second-order valence-electron chi connectivity index (χ2n) is 6.46.